The Morgan fingerprint density at radius 2 is 2.27 bits per heavy atom. The highest BCUT2D eigenvalue weighted by molar-refractivity contribution is 6.30. The van der Waals surface area contributed by atoms with Crippen molar-refractivity contribution in [2.75, 3.05) is 7.05 Å². The fourth-order valence-electron chi connectivity index (χ4n) is 2.13. The van der Waals surface area contributed by atoms with Gasteiger partial charge in [0.15, 0.2) is 0 Å². The molecular weight excluding hydrogens is 206 g/mol. The molecule has 0 spiro atoms. The van der Waals surface area contributed by atoms with Crippen molar-refractivity contribution in [1.29, 1.82) is 0 Å². The zero-order valence-corrected chi connectivity index (χ0v) is 9.93. The van der Waals surface area contributed by atoms with Crippen LogP contribution in [0.15, 0.2) is 24.3 Å². The van der Waals surface area contributed by atoms with Crippen LogP contribution in [0.25, 0.3) is 0 Å². The molecule has 1 fully saturated rings. The minimum absolute atomic E-state index is 0.698. The smallest absolute Gasteiger partial charge is 0.0408 e. The molecule has 1 atom stereocenters. The van der Waals surface area contributed by atoms with Gasteiger partial charge in [-0.1, -0.05) is 23.7 Å². The lowest BCUT2D eigenvalue weighted by molar-refractivity contribution is 0.470. The van der Waals surface area contributed by atoms with Crippen molar-refractivity contribution in [3.05, 3.63) is 34.9 Å². The first-order valence-electron chi connectivity index (χ1n) is 5.71. The van der Waals surface area contributed by atoms with Crippen molar-refractivity contribution in [3.63, 3.8) is 0 Å². The lowest BCUT2D eigenvalue weighted by Crippen LogP contribution is -2.27. The Hall–Kier alpha value is -0.530. The molecule has 0 aromatic heterocycles. The monoisotopic (exact) mass is 223 g/mol. The summed E-state index contributed by atoms with van der Waals surface area (Å²) in [4.78, 5) is 0. The normalized spacial score (nSPS) is 17.7. The van der Waals surface area contributed by atoms with Crippen LogP contribution in [0, 0.1) is 5.92 Å². The van der Waals surface area contributed by atoms with E-state index in [0.717, 1.165) is 17.4 Å². The highest BCUT2D eigenvalue weighted by Gasteiger charge is 2.29. The van der Waals surface area contributed by atoms with Crippen LogP contribution in [0.4, 0.5) is 0 Å². The highest BCUT2D eigenvalue weighted by Crippen LogP contribution is 2.34. The van der Waals surface area contributed by atoms with Crippen LogP contribution in [0.3, 0.4) is 0 Å². The summed E-state index contributed by atoms with van der Waals surface area (Å²) in [7, 11) is 2.07. The van der Waals surface area contributed by atoms with Gasteiger partial charge in [0.25, 0.3) is 0 Å². The van der Waals surface area contributed by atoms with Gasteiger partial charge in [-0.15, -0.1) is 0 Å². The lowest BCUT2D eigenvalue weighted by Gasteiger charge is -2.14. The van der Waals surface area contributed by atoms with E-state index in [1.165, 1.54) is 24.8 Å². The first-order chi connectivity index (χ1) is 7.29. The Labute approximate surface area is 96.8 Å². The van der Waals surface area contributed by atoms with E-state index in [1.807, 2.05) is 12.1 Å². The number of nitrogens with one attached hydrogen (secondary N) is 1. The summed E-state index contributed by atoms with van der Waals surface area (Å²) < 4.78 is 0. The van der Waals surface area contributed by atoms with Crippen LogP contribution in [0.2, 0.25) is 5.02 Å². The fourth-order valence-corrected chi connectivity index (χ4v) is 2.34. The van der Waals surface area contributed by atoms with Crippen molar-refractivity contribution in [2.45, 2.75) is 31.7 Å². The predicted octanol–water partition coefficient (Wildman–Crippen LogP) is 3.27. The van der Waals surface area contributed by atoms with Crippen molar-refractivity contribution < 1.29 is 0 Å². The molecule has 0 amide bonds. The van der Waals surface area contributed by atoms with Crippen molar-refractivity contribution >= 4 is 11.6 Å². The molecule has 0 saturated heterocycles. The SMILES string of the molecule is CNC(CCc1cccc(Cl)c1)C1CC1. The molecule has 1 unspecified atom stereocenters. The molecule has 15 heavy (non-hydrogen) atoms. The van der Waals surface area contributed by atoms with Crippen molar-refractivity contribution in [3.8, 4) is 0 Å². The van der Waals surface area contributed by atoms with Gasteiger partial charge in [-0.3, -0.25) is 0 Å². The Morgan fingerprint density at radius 3 is 2.87 bits per heavy atom. The van der Waals surface area contributed by atoms with E-state index >= 15 is 0 Å². The molecule has 1 aromatic rings. The molecule has 0 radical (unpaired) electrons. The molecule has 0 aliphatic heterocycles. The van der Waals surface area contributed by atoms with Gasteiger partial charge in [-0.05, 0) is 56.3 Å². The minimum Gasteiger partial charge on any atom is -0.317 e. The molecule has 1 aromatic carbocycles. The van der Waals surface area contributed by atoms with Crippen LogP contribution in [0.5, 0.6) is 0 Å². The molecule has 1 saturated carbocycles. The van der Waals surface area contributed by atoms with E-state index in [0.29, 0.717) is 6.04 Å². The first kappa shape index (κ1) is 11.0. The number of benzene rings is 1. The highest BCUT2D eigenvalue weighted by atomic mass is 35.5. The third-order valence-electron chi connectivity index (χ3n) is 3.19. The second kappa shape index (κ2) is 5.00. The van der Waals surface area contributed by atoms with Crippen LogP contribution in [-0.2, 0) is 6.42 Å². The summed E-state index contributed by atoms with van der Waals surface area (Å²) in [5, 5.41) is 4.26. The third-order valence-corrected chi connectivity index (χ3v) is 3.43. The Kier molecular flexibility index (Phi) is 3.66. The largest absolute Gasteiger partial charge is 0.317 e. The van der Waals surface area contributed by atoms with Crippen LogP contribution in [-0.4, -0.2) is 13.1 Å². The standard InChI is InChI=1S/C13H18ClN/c1-15-13(11-6-7-11)8-5-10-3-2-4-12(14)9-10/h2-4,9,11,13,15H,5-8H2,1H3. The molecule has 82 valence electrons. The number of rotatable bonds is 5. The fraction of sp³-hybridized carbons (Fsp3) is 0.538. The Bertz CT molecular complexity index is 320. The van der Waals surface area contributed by atoms with Gasteiger partial charge in [-0.2, -0.15) is 0 Å². The summed E-state index contributed by atoms with van der Waals surface area (Å²) in [6.07, 6.45) is 5.16. The molecule has 1 nitrogen and oxygen atoms in total. The van der Waals surface area contributed by atoms with Crippen LogP contribution >= 0.6 is 11.6 Å². The Balaban J connectivity index is 1.86. The van der Waals surface area contributed by atoms with Crippen molar-refractivity contribution in [1.82, 2.24) is 5.32 Å². The topological polar surface area (TPSA) is 12.0 Å². The lowest BCUT2D eigenvalue weighted by atomic mass is 10.0. The van der Waals surface area contributed by atoms with E-state index in [1.54, 1.807) is 0 Å². The van der Waals surface area contributed by atoms with Crippen LogP contribution < -0.4 is 5.32 Å². The van der Waals surface area contributed by atoms with Crippen molar-refractivity contribution in [2.24, 2.45) is 5.92 Å². The maximum Gasteiger partial charge on any atom is 0.0408 e. The average Bonchev–Trinajstić information content (AvgIpc) is 3.03. The third kappa shape index (κ3) is 3.22. The van der Waals surface area contributed by atoms with E-state index in [-0.39, 0.29) is 0 Å². The number of halogens is 1. The number of hydrogen-bond donors (Lipinski definition) is 1. The van der Waals surface area contributed by atoms with E-state index < -0.39 is 0 Å². The number of hydrogen-bond acceptors (Lipinski definition) is 1. The van der Waals surface area contributed by atoms with Gasteiger partial charge in [-0.25, -0.2) is 0 Å². The molecule has 2 heteroatoms. The van der Waals surface area contributed by atoms with E-state index in [2.05, 4.69) is 24.5 Å². The van der Waals surface area contributed by atoms with Gasteiger partial charge in [0, 0.05) is 11.1 Å². The zero-order valence-electron chi connectivity index (χ0n) is 9.17. The Morgan fingerprint density at radius 1 is 1.47 bits per heavy atom. The summed E-state index contributed by atoms with van der Waals surface area (Å²) in [6, 6.07) is 8.89. The summed E-state index contributed by atoms with van der Waals surface area (Å²) in [6.45, 7) is 0. The molecule has 0 heterocycles. The second-order valence-corrected chi connectivity index (χ2v) is 4.84. The maximum atomic E-state index is 5.95. The maximum absolute atomic E-state index is 5.95. The van der Waals surface area contributed by atoms with E-state index in [4.69, 9.17) is 11.6 Å². The quantitative estimate of drug-likeness (QED) is 0.808. The molecule has 2 rings (SSSR count). The summed E-state index contributed by atoms with van der Waals surface area (Å²) in [5.41, 5.74) is 1.35. The molecule has 1 aliphatic rings. The molecule has 1 N–H and O–H groups in total. The van der Waals surface area contributed by atoms with Gasteiger partial charge >= 0.3 is 0 Å². The molecular formula is C13H18ClN. The molecule has 0 bridgehead atoms. The van der Waals surface area contributed by atoms with Gasteiger partial charge in [0.1, 0.15) is 0 Å². The minimum atomic E-state index is 0.698. The van der Waals surface area contributed by atoms with Crippen LogP contribution in [0.1, 0.15) is 24.8 Å². The van der Waals surface area contributed by atoms with Gasteiger partial charge in [0.2, 0.25) is 0 Å². The molecule has 1 aliphatic carbocycles. The van der Waals surface area contributed by atoms with Gasteiger partial charge in [0.05, 0.1) is 0 Å². The van der Waals surface area contributed by atoms with Gasteiger partial charge < -0.3 is 5.32 Å². The first-order valence-corrected chi connectivity index (χ1v) is 6.09. The average molecular weight is 224 g/mol. The summed E-state index contributed by atoms with van der Waals surface area (Å²) >= 11 is 5.95. The van der Waals surface area contributed by atoms with E-state index in [9.17, 15) is 0 Å². The predicted molar refractivity (Wildman–Crippen MR) is 65.3 cm³/mol. The summed E-state index contributed by atoms with van der Waals surface area (Å²) in [5.74, 6) is 0.925. The zero-order chi connectivity index (χ0) is 10.7. The number of aryl methyl sites for hydroxylation is 1. The second-order valence-electron chi connectivity index (χ2n) is 4.40.